The van der Waals surface area contributed by atoms with E-state index in [-0.39, 0.29) is 0 Å². The quantitative estimate of drug-likeness (QED) is 0.503. The number of allylic oxidation sites excluding steroid dienone is 1. The van der Waals surface area contributed by atoms with E-state index in [1.54, 1.807) is 21.3 Å². The topological polar surface area (TPSA) is 43.8 Å². The largest absolute Gasteiger partial charge is 0.493 e. The van der Waals surface area contributed by atoms with E-state index in [0.717, 1.165) is 40.8 Å². The van der Waals surface area contributed by atoms with Gasteiger partial charge in [0, 0.05) is 43.0 Å². The predicted octanol–water partition coefficient (Wildman–Crippen LogP) is 5.68. The van der Waals surface area contributed by atoms with Crippen molar-refractivity contribution in [2.45, 2.75) is 19.3 Å². The van der Waals surface area contributed by atoms with Crippen LogP contribution in [-0.2, 0) is 0 Å². The Bertz CT molecular complexity index is 1100. The number of ether oxygens (including phenoxy) is 3. The maximum Gasteiger partial charge on any atom is 0.203 e. The van der Waals surface area contributed by atoms with E-state index in [1.165, 1.54) is 5.56 Å². The van der Waals surface area contributed by atoms with Gasteiger partial charge in [-0.05, 0) is 53.9 Å². The minimum absolute atomic E-state index is 0.477. The molecule has 3 aromatic rings. The van der Waals surface area contributed by atoms with Crippen LogP contribution in [0.15, 0.2) is 61.1 Å². The summed E-state index contributed by atoms with van der Waals surface area (Å²) in [5.74, 6) is 2.31. The average Bonchev–Trinajstić information content (AvgIpc) is 2.84. The Labute approximate surface area is 190 Å². The van der Waals surface area contributed by atoms with Crippen LogP contribution in [0.4, 0.5) is 0 Å². The Morgan fingerprint density at radius 3 is 2.03 bits per heavy atom. The summed E-state index contributed by atoms with van der Waals surface area (Å²) in [7, 11) is 6.98. The van der Waals surface area contributed by atoms with E-state index in [1.807, 2.05) is 24.5 Å². The van der Waals surface area contributed by atoms with E-state index >= 15 is 0 Å². The molecule has 1 aliphatic heterocycles. The zero-order chi connectivity index (χ0) is 22.7. The van der Waals surface area contributed by atoms with Gasteiger partial charge in [0.25, 0.3) is 0 Å². The van der Waals surface area contributed by atoms with Crippen LogP contribution in [0.5, 0.6) is 17.2 Å². The highest BCUT2D eigenvalue weighted by Crippen LogP contribution is 2.42. The summed E-state index contributed by atoms with van der Waals surface area (Å²) in [6.45, 7) is 3.21. The summed E-state index contributed by atoms with van der Waals surface area (Å²) in [5.41, 5.74) is 6.78. The SMILES string of the molecule is COc1cc(-c2cncc(-c3ccc([C@@H]4C=CN(C)CC4)cc3)c2C)cc(OC)c1OC. The van der Waals surface area contributed by atoms with Gasteiger partial charge in [0.05, 0.1) is 21.3 Å². The van der Waals surface area contributed by atoms with Gasteiger partial charge in [-0.1, -0.05) is 30.3 Å². The van der Waals surface area contributed by atoms with Gasteiger partial charge in [-0.15, -0.1) is 0 Å². The number of aromatic nitrogens is 1. The molecule has 0 saturated carbocycles. The number of pyridine rings is 1. The molecule has 32 heavy (non-hydrogen) atoms. The molecule has 1 aromatic heterocycles. The lowest BCUT2D eigenvalue weighted by molar-refractivity contribution is 0.324. The Balaban J connectivity index is 1.70. The van der Waals surface area contributed by atoms with Crippen molar-refractivity contribution in [3.8, 4) is 39.5 Å². The third-order valence-corrected chi connectivity index (χ3v) is 6.21. The first-order chi connectivity index (χ1) is 15.5. The minimum Gasteiger partial charge on any atom is -0.493 e. The average molecular weight is 431 g/mol. The van der Waals surface area contributed by atoms with Gasteiger partial charge in [0.15, 0.2) is 11.5 Å². The van der Waals surface area contributed by atoms with Gasteiger partial charge in [-0.25, -0.2) is 0 Å². The second-order valence-corrected chi connectivity index (χ2v) is 8.11. The molecule has 0 radical (unpaired) electrons. The summed E-state index contributed by atoms with van der Waals surface area (Å²) in [6, 6.07) is 12.8. The molecule has 166 valence electrons. The highest BCUT2D eigenvalue weighted by molar-refractivity contribution is 5.79. The molecule has 1 aliphatic rings. The van der Waals surface area contributed by atoms with Gasteiger partial charge in [-0.2, -0.15) is 0 Å². The van der Waals surface area contributed by atoms with Crippen LogP contribution >= 0.6 is 0 Å². The molecule has 0 N–H and O–H groups in total. The Hall–Kier alpha value is -3.47. The molecule has 4 rings (SSSR count). The molecule has 0 fully saturated rings. The van der Waals surface area contributed by atoms with E-state index in [9.17, 15) is 0 Å². The normalized spacial score (nSPS) is 15.5. The lowest BCUT2D eigenvalue weighted by atomic mass is 9.90. The van der Waals surface area contributed by atoms with E-state index in [2.05, 4.69) is 60.4 Å². The number of methoxy groups -OCH3 is 3. The van der Waals surface area contributed by atoms with Crippen LogP contribution in [0, 0.1) is 6.92 Å². The molecule has 5 heteroatoms. The molecule has 5 nitrogen and oxygen atoms in total. The molecule has 0 spiro atoms. The van der Waals surface area contributed by atoms with E-state index in [0.29, 0.717) is 23.2 Å². The highest BCUT2D eigenvalue weighted by Gasteiger charge is 2.17. The van der Waals surface area contributed by atoms with Crippen LogP contribution in [0.2, 0.25) is 0 Å². The Morgan fingerprint density at radius 2 is 1.50 bits per heavy atom. The standard InChI is InChI=1S/C27H30N2O3/c1-18-23(21-8-6-19(7-9-21)20-10-12-29(2)13-11-20)16-28-17-24(18)22-14-25(30-3)27(32-5)26(15-22)31-4/h6-10,12,14-17,20H,11,13H2,1-5H3/t20-/m1/s1. The molecular formula is C27H30N2O3. The zero-order valence-electron chi connectivity index (χ0n) is 19.4. The van der Waals surface area contributed by atoms with Crippen molar-refractivity contribution >= 4 is 0 Å². The fourth-order valence-corrected chi connectivity index (χ4v) is 4.30. The molecule has 0 unspecified atom stereocenters. The number of nitrogens with zero attached hydrogens (tertiary/aromatic N) is 2. The Morgan fingerprint density at radius 1 is 0.875 bits per heavy atom. The van der Waals surface area contributed by atoms with Crippen LogP contribution in [0.1, 0.15) is 23.5 Å². The minimum atomic E-state index is 0.477. The lowest BCUT2D eigenvalue weighted by Crippen LogP contribution is -2.19. The van der Waals surface area contributed by atoms with Crippen molar-refractivity contribution < 1.29 is 14.2 Å². The maximum absolute atomic E-state index is 5.54. The molecule has 0 amide bonds. The number of rotatable bonds is 6. The second-order valence-electron chi connectivity index (χ2n) is 8.11. The monoisotopic (exact) mass is 430 g/mol. The maximum atomic E-state index is 5.54. The van der Waals surface area contributed by atoms with Crippen molar-refractivity contribution in [3.63, 3.8) is 0 Å². The number of benzene rings is 2. The smallest absolute Gasteiger partial charge is 0.203 e. The summed E-state index contributed by atoms with van der Waals surface area (Å²) >= 11 is 0. The van der Waals surface area contributed by atoms with Crippen molar-refractivity contribution in [2.75, 3.05) is 34.9 Å². The number of hydrogen-bond acceptors (Lipinski definition) is 5. The van der Waals surface area contributed by atoms with Crippen LogP contribution in [0.3, 0.4) is 0 Å². The van der Waals surface area contributed by atoms with E-state index in [4.69, 9.17) is 14.2 Å². The zero-order valence-corrected chi connectivity index (χ0v) is 19.4. The fraction of sp³-hybridized carbons (Fsp3) is 0.296. The summed E-state index contributed by atoms with van der Waals surface area (Å²) in [6.07, 6.45) is 9.43. The van der Waals surface area contributed by atoms with Gasteiger partial charge >= 0.3 is 0 Å². The molecular weight excluding hydrogens is 400 g/mol. The molecule has 2 heterocycles. The van der Waals surface area contributed by atoms with Crippen molar-refractivity contribution in [3.05, 3.63) is 72.2 Å². The third kappa shape index (κ3) is 4.15. The first-order valence-corrected chi connectivity index (χ1v) is 10.8. The molecule has 0 saturated heterocycles. The first-order valence-electron chi connectivity index (χ1n) is 10.8. The van der Waals surface area contributed by atoms with Crippen molar-refractivity contribution in [2.24, 2.45) is 0 Å². The van der Waals surface area contributed by atoms with Crippen LogP contribution in [-0.4, -0.2) is 44.8 Å². The summed E-state index contributed by atoms with van der Waals surface area (Å²) in [4.78, 5) is 6.77. The molecule has 0 bridgehead atoms. The fourth-order valence-electron chi connectivity index (χ4n) is 4.30. The van der Waals surface area contributed by atoms with Gasteiger partial charge in [-0.3, -0.25) is 4.98 Å². The highest BCUT2D eigenvalue weighted by atomic mass is 16.5. The van der Waals surface area contributed by atoms with Crippen LogP contribution < -0.4 is 14.2 Å². The lowest BCUT2D eigenvalue weighted by Gasteiger charge is -2.24. The molecule has 0 aliphatic carbocycles. The first kappa shape index (κ1) is 21.8. The van der Waals surface area contributed by atoms with Crippen LogP contribution in [0.25, 0.3) is 22.3 Å². The Kier molecular flexibility index (Phi) is 6.35. The second kappa shape index (κ2) is 9.35. The molecule has 2 aromatic carbocycles. The van der Waals surface area contributed by atoms with Gasteiger partial charge in [0.2, 0.25) is 5.75 Å². The van der Waals surface area contributed by atoms with Gasteiger partial charge < -0.3 is 19.1 Å². The summed E-state index contributed by atoms with van der Waals surface area (Å²) in [5, 5.41) is 0. The molecule has 1 atom stereocenters. The van der Waals surface area contributed by atoms with Crippen molar-refractivity contribution in [1.82, 2.24) is 9.88 Å². The van der Waals surface area contributed by atoms with Gasteiger partial charge in [0.1, 0.15) is 0 Å². The predicted molar refractivity (Wildman–Crippen MR) is 129 cm³/mol. The third-order valence-electron chi connectivity index (χ3n) is 6.21. The number of hydrogen-bond donors (Lipinski definition) is 0. The van der Waals surface area contributed by atoms with Crippen molar-refractivity contribution in [1.29, 1.82) is 0 Å². The summed E-state index contributed by atoms with van der Waals surface area (Å²) < 4.78 is 16.5. The van der Waals surface area contributed by atoms with E-state index < -0.39 is 0 Å².